The van der Waals surface area contributed by atoms with Crippen LogP contribution in [0.5, 0.6) is 0 Å². The Morgan fingerprint density at radius 3 is 2.28 bits per heavy atom. The Morgan fingerprint density at radius 2 is 1.78 bits per heavy atom. The van der Waals surface area contributed by atoms with Gasteiger partial charge in [0.2, 0.25) is 11.8 Å². The van der Waals surface area contributed by atoms with E-state index in [9.17, 15) is 14.4 Å². The molecule has 8 nitrogen and oxygen atoms in total. The average Bonchev–Trinajstić information content (AvgIpc) is 2.69. The van der Waals surface area contributed by atoms with Gasteiger partial charge in [-0.25, -0.2) is 4.79 Å². The molecule has 3 atom stereocenters. The Kier molecular flexibility index (Phi) is 10.4. The first-order chi connectivity index (χ1) is 14.7. The summed E-state index contributed by atoms with van der Waals surface area (Å²) in [6.07, 6.45) is 1.78. The second kappa shape index (κ2) is 11.8. The van der Waals surface area contributed by atoms with Crippen LogP contribution in [0.25, 0.3) is 0 Å². The van der Waals surface area contributed by atoms with Crippen LogP contribution in [0.3, 0.4) is 0 Å². The molecule has 0 bridgehead atoms. The van der Waals surface area contributed by atoms with Crippen molar-refractivity contribution in [2.45, 2.75) is 66.6 Å². The molecule has 1 unspecified atom stereocenters. The van der Waals surface area contributed by atoms with Crippen LogP contribution < -0.4 is 5.32 Å². The lowest BCUT2D eigenvalue weighted by molar-refractivity contribution is -0.142. The van der Waals surface area contributed by atoms with Crippen LogP contribution in [0, 0.1) is 11.3 Å². The van der Waals surface area contributed by atoms with Crippen molar-refractivity contribution < 1.29 is 19.1 Å². The molecule has 0 aromatic carbocycles. The highest BCUT2D eigenvalue weighted by atomic mass is 16.5. The monoisotopic (exact) mass is 452 g/mol. The summed E-state index contributed by atoms with van der Waals surface area (Å²) in [5.74, 6) is -0.628. The number of nitrogens with one attached hydrogen (secondary N) is 1. The number of likely N-dealkylation sites (N-methyl/N-ethyl adjacent to an activating group) is 3. The van der Waals surface area contributed by atoms with E-state index in [0.29, 0.717) is 18.7 Å². The molecule has 184 valence electrons. The van der Waals surface area contributed by atoms with Gasteiger partial charge in [-0.2, -0.15) is 0 Å². The van der Waals surface area contributed by atoms with Gasteiger partial charge in [-0.3, -0.25) is 14.5 Å². The predicted octanol–water partition coefficient (Wildman–Crippen LogP) is 1.76. The number of hydrogen-bond acceptors (Lipinski definition) is 6. The second-order valence-corrected chi connectivity index (χ2v) is 10.3. The maximum Gasteiger partial charge on any atom is 0.333 e. The van der Waals surface area contributed by atoms with Crippen molar-refractivity contribution in [1.82, 2.24) is 20.0 Å². The number of esters is 1. The molecule has 1 rings (SSSR count). The minimum Gasteiger partial charge on any atom is -0.463 e. The van der Waals surface area contributed by atoms with Gasteiger partial charge >= 0.3 is 5.97 Å². The average molecular weight is 453 g/mol. The van der Waals surface area contributed by atoms with Crippen LogP contribution in [0.4, 0.5) is 0 Å². The summed E-state index contributed by atoms with van der Waals surface area (Å²) in [7, 11) is 5.67. The smallest absolute Gasteiger partial charge is 0.333 e. The van der Waals surface area contributed by atoms with Crippen LogP contribution in [0.2, 0.25) is 0 Å². The maximum atomic E-state index is 13.6. The SMILES string of the molecule is CCOC(=O)C(C)=C[C@H](C(C)C)N(C)C(=O)[C@@H](NC(=O)C1CN(C)CCN1C)C(C)(C)C. The van der Waals surface area contributed by atoms with E-state index in [-0.39, 0.29) is 35.8 Å². The molecule has 32 heavy (non-hydrogen) atoms. The van der Waals surface area contributed by atoms with Crippen molar-refractivity contribution in [1.29, 1.82) is 0 Å². The van der Waals surface area contributed by atoms with Crippen LogP contribution in [0.1, 0.15) is 48.5 Å². The van der Waals surface area contributed by atoms with Gasteiger partial charge in [0.1, 0.15) is 12.1 Å². The van der Waals surface area contributed by atoms with Crippen molar-refractivity contribution in [2.75, 3.05) is 47.4 Å². The van der Waals surface area contributed by atoms with Gasteiger partial charge in [-0.05, 0) is 39.3 Å². The molecular weight excluding hydrogens is 408 g/mol. The summed E-state index contributed by atoms with van der Waals surface area (Å²) < 4.78 is 5.09. The number of nitrogens with zero attached hydrogens (tertiary/aromatic N) is 3. The topological polar surface area (TPSA) is 82.2 Å². The molecule has 0 aliphatic carbocycles. The zero-order chi connectivity index (χ0) is 24.8. The zero-order valence-electron chi connectivity index (χ0n) is 21.7. The number of piperazine rings is 1. The van der Waals surface area contributed by atoms with E-state index in [1.165, 1.54) is 0 Å². The summed E-state index contributed by atoms with van der Waals surface area (Å²) in [6, 6.07) is -1.31. The molecule has 1 N–H and O–H groups in total. The fourth-order valence-corrected chi connectivity index (χ4v) is 3.85. The third-order valence-electron chi connectivity index (χ3n) is 6.05. The third kappa shape index (κ3) is 7.59. The summed E-state index contributed by atoms with van der Waals surface area (Å²) in [5.41, 5.74) is -0.0184. The molecule has 0 spiro atoms. The summed E-state index contributed by atoms with van der Waals surface area (Å²) in [5, 5.41) is 3.04. The Balaban J connectivity index is 3.12. The molecule has 1 heterocycles. The van der Waals surface area contributed by atoms with E-state index in [1.54, 1.807) is 31.9 Å². The molecule has 0 aromatic heterocycles. The van der Waals surface area contributed by atoms with Crippen LogP contribution >= 0.6 is 0 Å². The first kappa shape index (κ1) is 28.1. The van der Waals surface area contributed by atoms with Crippen molar-refractivity contribution in [3.8, 4) is 0 Å². The molecule has 1 fully saturated rings. The lowest BCUT2D eigenvalue weighted by Gasteiger charge is -2.40. The Hall–Kier alpha value is -1.93. The van der Waals surface area contributed by atoms with E-state index in [1.807, 2.05) is 53.6 Å². The van der Waals surface area contributed by atoms with Crippen molar-refractivity contribution in [3.05, 3.63) is 11.6 Å². The summed E-state index contributed by atoms with van der Waals surface area (Å²) >= 11 is 0. The summed E-state index contributed by atoms with van der Waals surface area (Å²) in [4.78, 5) is 44.7. The molecule has 1 saturated heterocycles. The van der Waals surface area contributed by atoms with Crippen LogP contribution in [-0.2, 0) is 19.1 Å². The van der Waals surface area contributed by atoms with Gasteiger partial charge in [-0.1, -0.05) is 40.7 Å². The largest absolute Gasteiger partial charge is 0.463 e. The number of amides is 2. The Morgan fingerprint density at radius 1 is 1.19 bits per heavy atom. The molecule has 0 radical (unpaired) electrons. The molecular formula is C24H44N4O4. The highest BCUT2D eigenvalue weighted by Crippen LogP contribution is 2.24. The lowest BCUT2D eigenvalue weighted by atomic mass is 9.84. The Bertz CT molecular complexity index is 699. The van der Waals surface area contributed by atoms with E-state index < -0.39 is 11.5 Å². The highest BCUT2D eigenvalue weighted by Gasteiger charge is 2.39. The standard InChI is InChI=1S/C24H44N4O4/c1-11-32-23(31)17(4)14-18(16(2)3)28(10)22(30)20(24(5,6)7)25-21(29)19-15-26(8)12-13-27(19)9/h14,16,18-20H,11-13,15H2,1-10H3,(H,25,29)/t18-,19?,20-/m1/s1. The number of carbonyl (C=O) groups excluding carboxylic acids is 3. The van der Waals surface area contributed by atoms with Gasteiger partial charge in [0, 0.05) is 32.3 Å². The van der Waals surface area contributed by atoms with E-state index in [4.69, 9.17) is 4.74 Å². The predicted molar refractivity (Wildman–Crippen MR) is 127 cm³/mol. The van der Waals surface area contributed by atoms with Crippen LogP contribution in [-0.4, -0.2) is 98.0 Å². The fourth-order valence-electron chi connectivity index (χ4n) is 3.85. The Labute approximate surface area is 194 Å². The van der Waals surface area contributed by atoms with Crippen molar-refractivity contribution >= 4 is 17.8 Å². The maximum absolute atomic E-state index is 13.6. The van der Waals surface area contributed by atoms with E-state index in [0.717, 1.165) is 13.1 Å². The first-order valence-corrected chi connectivity index (χ1v) is 11.5. The summed E-state index contributed by atoms with van der Waals surface area (Å²) in [6.45, 7) is 15.9. The second-order valence-electron chi connectivity index (χ2n) is 10.3. The molecule has 8 heteroatoms. The molecule has 2 amide bonds. The molecule has 1 aliphatic heterocycles. The molecule has 0 aromatic rings. The first-order valence-electron chi connectivity index (χ1n) is 11.5. The lowest BCUT2D eigenvalue weighted by Crippen LogP contribution is -2.62. The van der Waals surface area contributed by atoms with E-state index in [2.05, 4.69) is 10.2 Å². The third-order valence-corrected chi connectivity index (χ3v) is 6.05. The molecule has 0 saturated carbocycles. The van der Waals surface area contributed by atoms with Gasteiger partial charge in [0.25, 0.3) is 0 Å². The quantitative estimate of drug-likeness (QED) is 0.446. The van der Waals surface area contributed by atoms with Gasteiger partial charge in [0.15, 0.2) is 0 Å². The number of rotatable bonds is 8. The van der Waals surface area contributed by atoms with Gasteiger partial charge in [0.05, 0.1) is 12.6 Å². The minimum atomic E-state index is -0.696. The van der Waals surface area contributed by atoms with Gasteiger partial charge < -0.3 is 19.9 Å². The normalized spacial score (nSPS) is 20.6. The zero-order valence-corrected chi connectivity index (χ0v) is 21.7. The number of carbonyl (C=O) groups is 3. The van der Waals surface area contributed by atoms with Crippen LogP contribution in [0.15, 0.2) is 11.6 Å². The fraction of sp³-hybridized carbons (Fsp3) is 0.792. The van der Waals surface area contributed by atoms with Crippen molar-refractivity contribution in [3.63, 3.8) is 0 Å². The van der Waals surface area contributed by atoms with E-state index >= 15 is 0 Å². The van der Waals surface area contributed by atoms with Gasteiger partial charge in [-0.15, -0.1) is 0 Å². The number of hydrogen-bond donors (Lipinski definition) is 1. The number of ether oxygens (including phenoxy) is 1. The highest BCUT2D eigenvalue weighted by molar-refractivity contribution is 5.91. The minimum absolute atomic E-state index is 0.0720. The molecule has 1 aliphatic rings. The van der Waals surface area contributed by atoms with Crippen molar-refractivity contribution in [2.24, 2.45) is 11.3 Å².